The molecule has 0 bridgehead atoms. The van der Waals surface area contributed by atoms with Crippen molar-refractivity contribution in [1.82, 2.24) is 0 Å². The lowest BCUT2D eigenvalue weighted by atomic mass is 9.96. The maximum atomic E-state index is 6.40. The molecule has 0 aliphatic rings. The first-order valence-electron chi connectivity index (χ1n) is 42.3. The number of nitrogens with zero attached hydrogens (tertiary/aromatic N) is 2. The van der Waals surface area contributed by atoms with E-state index >= 15 is 0 Å². The van der Waals surface area contributed by atoms with Crippen LogP contribution in [-0.4, -0.2) is 0 Å². The second-order valence-electron chi connectivity index (χ2n) is 31.5. The Labute approximate surface area is 722 Å². The Morgan fingerprint density at radius 1 is 0.105 bits per heavy atom. The minimum Gasteiger partial charge on any atom is -0.456 e. The highest BCUT2D eigenvalue weighted by Crippen LogP contribution is 2.45. The number of hydrogen-bond donors (Lipinski definition) is 0. The van der Waals surface area contributed by atoms with Crippen molar-refractivity contribution in [3.8, 4) is 134 Å². The zero-order valence-corrected chi connectivity index (χ0v) is 68.1. The van der Waals surface area contributed by atoms with E-state index in [4.69, 9.17) is 8.83 Å². The van der Waals surface area contributed by atoms with E-state index in [1.165, 1.54) is 111 Å². The van der Waals surface area contributed by atoms with Gasteiger partial charge in [-0.1, -0.05) is 376 Å². The number of para-hydroxylation sites is 2. The second kappa shape index (κ2) is 33.8. The van der Waals surface area contributed by atoms with Gasteiger partial charge in [0.05, 0.1) is 0 Å². The average molecular weight is 1580 g/mol. The van der Waals surface area contributed by atoms with Gasteiger partial charge in [0.15, 0.2) is 0 Å². The number of hydrogen-bond acceptors (Lipinski definition) is 4. The smallest absolute Gasteiger partial charge is 0.137 e. The molecule has 0 saturated heterocycles. The normalized spacial score (nSPS) is 11.2. The summed E-state index contributed by atoms with van der Waals surface area (Å²) in [4.78, 5) is 4.63. The fourth-order valence-electron chi connectivity index (χ4n) is 17.3. The van der Waals surface area contributed by atoms with Crippen LogP contribution in [0, 0.1) is 0 Å². The number of rotatable bonds is 18. The summed E-state index contributed by atoms with van der Waals surface area (Å²) < 4.78 is 12.8. The maximum absolute atomic E-state index is 6.40. The highest BCUT2D eigenvalue weighted by molar-refractivity contribution is 6.07. The molecule has 0 spiro atoms. The molecule has 4 nitrogen and oxygen atoms in total. The Balaban J connectivity index is 0.000000152. The molecule has 22 rings (SSSR count). The van der Waals surface area contributed by atoms with Gasteiger partial charge in [0, 0.05) is 67.8 Å². The zero-order chi connectivity index (χ0) is 82.5. The molecule has 124 heavy (non-hydrogen) atoms. The molecule has 0 radical (unpaired) electrons. The fraction of sp³-hybridized carbons (Fsp3) is 0. The van der Waals surface area contributed by atoms with Crippen LogP contribution in [0.2, 0.25) is 0 Å². The van der Waals surface area contributed by atoms with Crippen molar-refractivity contribution in [2.75, 3.05) is 9.80 Å². The SMILES string of the molecule is c1ccc(-c2ccc(-c3cccc(-c4ccc(N(c5ccc(-c6cccc(-c7ccc(-c8ccccc8)cc7)c6)cc5)c5ccc6c(c5)oc5ccccc56)cc4)c3)cc2)cc1.c1ccc(-c2cccc(-c3ccc(-c4ccc(N(c5ccc(-c6ccc(-c7cccc(-c8ccccc8)c7)cc6)cc5)c5ccc6c(c5)oc5ccccc56)cc4)cc3)c2)cc1. The van der Waals surface area contributed by atoms with Crippen LogP contribution in [0.25, 0.3) is 177 Å². The van der Waals surface area contributed by atoms with Crippen LogP contribution in [0.4, 0.5) is 34.1 Å². The molecule has 0 amide bonds. The molecule has 584 valence electrons. The van der Waals surface area contributed by atoms with Gasteiger partial charge in [-0.3, -0.25) is 0 Å². The van der Waals surface area contributed by atoms with Crippen LogP contribution >= 0.6 is 0 Å². The number of fused-ring (bicyclic) bond motifs is 6. The van der Waals surface area contributed by atoms with Crippen LogP contribution in [0.1, 0.15) is 0 Å². The lowest BCUT2D eigenvalue weighted by Crippen LogP contribution is -2.09. The lowest BCUT2D eigenvalue weighted by Gasteiger charge is -2.26. The molecule has 0 unspecified atom stereocenters. The molecule has 0 saturated carbocycles. The van der Waals surface area contributed by atoms with Crippen molar-refractivity contribution in [1.29, 1.82) is 0 Å². The Morgan fingerprint density at radius 2 is 0.266 bits per heavy atom. The van der Waals surface area contributed by atoms with Crippen molar-refractivity contribution in [3.63, 3.8) is 0 Å². The minimum atomic E-state index is 0.865. The van der Waals surface area contributed by atoms with Gasteiger partial charge in [-0.15, -0.1) is 0 Å². The summed E-state index contributed by atoms with van der Waals surface area (Å²) >= 11 is 0. The van der Waals surface area contributed by atoms with E-state index in [1.54, 1.807) is 0 Å². The van der Waals surface area contributed by atoms with Crippen LogP contribution in [0.3, 0.4) is 0 Å². The first kappa shape index (κ1) is 75.1. The molecule has 20 aromatic carbocycles. The van der Waals surface area contributed by atoms with E-state index < -0.39 is 0 Å². The zero-order valence-electron chi connectivity index (χ0n) is 68.1. The summed E-state index contributed by atoms with van der Waals surface area (Å²) in [5.41, 5.74) is 38.5. The van der Waals surface area contributed by atoms with Gasteiger partial charge in [-0.25, -0.2) is 0 Å². The third-order valence-electron chi connectivity index (χ3n) is 23.8. The highest BCUT2D eigenvalue weighted by Gasteiger charge is 2.21. The molecule has 2 aromatic heterocycles. The van der Waals surface area contributed by atoms with Crippen LogP contribution in [0.5, 0.6) is 0 Å². The van der Waals surface area contributed by atoms with Crippen molar-refractivity contribution in [2.45, 2.75) is 0 Å². The Bertz CT molecular complexity index is 7150. The predicted molar refractivity (Wildman–Crippen MR) is 522 cm³/mol. The molecule has 0 fully saturated rings. The average Bonchev–Trinajstić information content (AvgIpc) is 1.58. The summed E-state index contributed by atoms with van der Waals surface area (Å²) in [5.74, 6) is 0. The molecule has 4 heteroatoms. The summed E-state index contributed by atoms with van der Waals surface area (Å²) in [5, 5.41) is 4.47. The topological polar surface area (TPSA) is 32.8 Å². The molecule has 0 aliphatic heterocycles. The Morgan fingerprint density at radius 3 is 0.500 bits per heavy atom. The minimum absolute atomic E-state index is 0.865. The van der Waals surface area contributed by atoms with Crippen molar-refractivity contribution < 1.29 is 8.83 Å². The predicted octanol–water partition coefficient (Wildman–Crippen LogP) is 34.1. The Kier molecular flexibility index (Phi) is 20.5. The first-order chi connectivity index (χ1) is 61.4. The quantitative estimate of drug-likeness (QED) is 0.0857. The number of benzene rings is 20. The number of anilines is 6. The van der Waals surface area contributed by atoms with Crippen molar-refractivity contribution in [3.05, 3.63) is 497 Å². The van der Waals surface area contributed by atoms with Crippen LogP contribution < -0.4 is 9.80 Å². The second-order valence-corrected chi connectivity index (χ2v) is 31.5. The van der Waals surface area contributed by atoms with Crippen LogP contribution in [0.15, 0.2) is 506 Å². The Hall–Kier alpha value is -16.4. The van der Waals surface area contributed by atoms with E-state index in [-0.39, 0.29) is 0 Å². The molecule has 2 heterocycles. The summed E-state index contributed by atoms with van der Waals surface area (Å²) in [6.45, 7) is 0. The van der Waals surface area contributed by atoms with Crippen molar-refractivity contribution in [2.24, 2.45) is 0 Å². The monoisotopic (exact) mass is 1580 g/mol. The summed E-state index contributed by atoms with van der Waals surface area (Å²) in [6, 6.07) is 178. The van der Waals surface area contributed by atoms with Gasteiger partial charge >= 0.3 is 0 Å². The van der Waals surface area contributed by atoms with Gasteiger partial charge in [0.1, 0.15) is 22.3 Å². The summed E-state index contributed by atoms with van der Waals surface area (Å²) in [6.07, 6.45) is 0. The van der Waals surface area contributed by atoms with E-state index in [0.717, 1.165) is 100 Å². The van der Waals surface area contributed by atoms with Crippen LogP contribution in [-0.2, 0) is 0 Å². The van der Waals surface area contributed by atoms with E-state index in [9.17, 15) is 0 Å². The standard InChI is InChI=1S/2C60H41NO/c1-3-11-42(12-4-1)50-15-9-17-52(39-50)48-25-21-44(22-26-48)46-29-33-54(34-30-46)61(56-37-38-58-57-19-7-8-20-59(57)62-60(58)41-56)55-35-31-47(32-36-55)45-23-27-49(28-24-45)53-18-10-16-51(40-53)43-13-5-2-6-14-43;1-3-11-42(12-4-1)44-21-25-46(26-22-44)50-15-9-17-52(39-50)48-29-33-54(34-30-48)61(56-37-38-58-57-19-7-8-20-59(57)62-60(58)41-56)55-35-31-49(32-36-55)53-18-10-16-51(40-53)47-27-23-45(24-28-47)43-13-5-2-6-14-43/h2*1-41H. The lowest BCUT2D eigenvalue weighted by molar-refractivity contribution is 0.668. The first-order valence-corrected chi connectivity index (χ1v) is 42.3. The van der Waals surface area contributed by atoms with Gasteiger partial charge < -0.3 is 18.6 Å². The van der Waals surface area contributed by atoms with Crippen molar-refractivity contribution >= 4 is 78.0 Å². The third kappa shape index (κ3) is 15.7. The molecule has 0 N–H and O–H groups in total. The number of furan rings is 2. The van der Waals surface area contributed by atoms with E-state index in [0.29, 0.717) is 0 Å². The van der Waals surface area contributed by atoms with Gasteiger partial charge in [-0.05, 0) is 243 Å². The van der Waals surface area contributed by atoms with Gasteiger partial charge in [-0.2, -0.15) is 0 Å². The van der Waals surface area contributed by atoms with Gasteiger partial charge in [0.25, 0.3) is 0 Å². The summed E-state index contributed by atoms with van der Waals surface area (Å²) in [7, 11) is 0. The largest absolute Gasteiger partial charge is 0.456 e. The maximum Gasteiger partial charge on any atom is 0.137 e. The molecule has 0 aliphatic carbocycles. The third-order valence-corrected chi connectivity index (χ3v) is 23.8. The molecular weight excluding hydrogens is 1500 g/mol. The molecule has 0 atom stereocenters. The fourth-order valence-corrected chi connectivity index (χ4v) is 17.3. The van der Waals surface area contributed by atoms with E-state index in [2.05, 4.69) is 483 Å². The highest BCUT2D eigenvalue weighted by atomic mass is 16.3. The van der Waals surface area contributed by atoms with E-state index in [1.807, 2.05) is 24.3 Å². The molecule has 22 aromatic rings. The molecular formula is C120H82N2O2. The van der Waals surface area contributed by atoms with Gasteiger partial charge in [0.2, 0.25) is 0 Å².